The van der Waals surface area contributed by atoms with Gasteiger partial charge < -0.3 is 10.7 Å². The number of hydrogen-bond acceptors (Lipinski definition) is 2. The number of fused-ring (bicyclic) bond motifs is 5. The molecule has 2 saturated carbocycles. The summed E-state index contributed by atoms with van der Waals surface area (Å²) in [4.78, 5) is 7.54. The van der Waals surface area contributed by atoms with Crippen molar-refractivity contribution in [3.63, 3.8) is 0 Å². The molecule has 0 aromatic carbocycles. The molecule has 0 radical (unpaired) electrons. The summed E-state index contributed by atoms with van der Waals surface area (Å²) < 4.78 is 0. The highest BCUT2D eigenvalue weighted by atomic mass is 15.0. The van der Waals surface area contributed by atoms with Crippen LogP contribution in [0.4, 0.5) is 5.95 Å². The van der Waals surface area contributed by atoms with Gasteiger partial charge in [0.1, 0.15) is 0 Å². The maximum atomic E-state index is 5.85. The Morgan fingerprint density at radius 2 is 1.96 bits per heavy atom. The van der Waals surface area contributed by atoms with E-state index in [1.807, 2.05) is 6.20 Å². The summed E-state index contributed by atoms with van der Waals surface area (Å²) in [5.41, 5.74) is 11.1. The molecule has 5 rings (SSSR count). The fourth-order valence-corrected chi connectivity index (χ4v) is 7.16. The molecule has 0 saturated heterocycles. The molecule has 4 aliphatic rings. The summed E-state index contributed by atoms with van der Waals surface area (Å²) in [6.45, 7) is 5.10. The topological polar surface area (TPSA) is 54.7 Å². The average Bonchev–Trinajstić information content (AvgIpc) is 3.16. The van der Waals surface area contributed by atoms with Crippen molar-refractivity contribution in [2.75, 3.05) is 5.73 Å². The van der Waals surface area contributed by atoms with Gasteiger partial charge in [0, 0.05) is 0 Å². The number of nitrogen functional groups attached to an aromatic ring is 1. The molecule has 1 aromatic heterocycles. The molecule has 4 aliphatic carbocycles. The number of allylic oxidation sites excluding steroid dienone is 4. The van der Waals surface area contributed by atoms with Crippen LogP contribution in [-0.4, -0.2) is 9.97 Å². The van der Waals surface area contributed by atoms with E-state index >= 15 is 0 Å². The minimum Gasteiger partial charge on any atom is -0.369 e. The van der Waals surface area contributed by atoms with Gasteiger partial charge in [-0.25, -0.2) is 4.98 Å². The van der Waals surface area contributed by atoms with Crippen molar-refractivity contribution in [2.24, 2.45) is 28.6 Å². The Morgan fingerprint density at radius 3 is 2.76 bits per heavy atom. The first-order valence-electron chi connectivity index (χ1n) is 10.2. The van der Waals surface area contributed by atoms with Crippen LogP contribution in [0.15, 0.2) is 23.9 Å². The van der Waals surface area contributed by atoms with Gasteiger partial charge in [0.2, 0.25) is 0 Å². The Labute approximate surface area is 151 Å². The molecular formula is C22H31N3. The van der Waals surface area contributed by atoms with Gasteiger partial charge in [0.25, 0.3) is 0 Å². The number of aromatic nitrogens is 2. The lowest BCUT2D eigenvalue weighted by molar-refractivity contribution is -0.00986. The highest BCUT2D eigenvalue weighted by molar-refractivity contribution is 5.71. The third kappa shape index (κ3) is 2.07. The van der Waals surface area contributed by atoms with Crippen molar-refractivity contribution in [2.45, 2.75) is 65.2 Å². The first-order valence-corrected chi connectivity index (χ1v) is 10.2. The lowest BCUT2D eigenvalue weighted by atomic mass is 9.47. The highest BCUT2D eigenvalue weighted by Crippen LogP contribution is 2.66. The third-order valence-corrected chi connectivity index (χ3v) is 8.48. The molecule has 0 unspecified atom stereocenters. The third-order valence-electron chi connectivity index (χ3n) is 8.48. The summed E-state index contributed by atoms with van der Waals surface area (Å²) >= 11 is 0. The fraction of sp³-hybridized carbons (Fsp3) is 0.682. The predicted octanol–water partition coefficient (Wildman–Crippen LogP) is 5.34. The number of hydrogen-bond donors (Lipinski definition) is 2. The standard InChI is InChI=1S/C22H31N3/c1-21-11-4-3-5-14(21)6-7-15-16-8-9-18(19-13-24-20(23)25-19)22(16,2)12-10-17(15)21/h6,9,13,15-17H,3-5,7-8,10-12H2,1-2H3,(H3,23,24,25)/t15-,16-,17-,21-,22-/m0/s1. The smallest absolute Gasteiger partial charge is 0.197 e. The van der Waals surface area contributed by atoms with E-state index < -0.39 is 0 Å². The van der Waals surface area contributed by atoms with E-state index in [0.717, 1.165) is 23.4 Å². The number of aromatic amines is 1. The van der Waals surface area contributed by atoms with Gasteiger partial charge >= 0.3 is 0 Å². The molecule has 0 bridgehead atoms. The summed E-state index contributed by atoms with van der Waals surface area (Å²) in [6.07, 6.45) is 17.9. The summed E-state index contributed by atoms with van der Waals surface area (Å²) in [7, 11) is 0. The zero-order chi connectivity index (χ0) is 17.2. The normalized spacial score (nSPS) is 42.9. The van der Waals surface area contributed by atoms with Crippen LogP contribution in [0.1, 0.15) is 70.9 Å². The lowest BCUT2D eigenvalue weighted by Crippen LogP contribution is -2.48. The van der Waals surface area contributed by atoms with E-state index in [9.17, 15) is 0 Å². The van der Waals surface area contributed by atoms with Crippen LogP contribution in [0.2, 0.25) is 0 Å². The maximum absolute atomic E-state index is 5.85. The molecule has 0 amide bonds. The fourth-order valence-electron chi connectivity index (χ4n) is 7.16. The summed E-state index contributed by atoms with van der Waals surface area (Å²) in [5, 5.41) is 0. The van der Waals surface area contributed by atoms with Gasteiger partial charge in [-0.3, -0.25) is 0 Å². The monoisotopic (exact) mass is 337 g/mol. The predicted molar refractivity (Wildman–Crippen MR) is 103 cm³/mol. The number of nitrogens with one attached hydrogen (secondary N) is 1. The van der Waals surface area contributed by atoms with E-state index in [1.165, 1.54) is 56.9 Å². The van der Waals surface area contributed by atoms with E-state index in [4.69, 9.17) is 5.73 Å². The van der Waals surface area contributed by atoms with E-state index in [-0.39, 0.29) is 5.41 Å². The van der Waals surface area contributed by atoms with Crippen molar-refractivity contribution in [3.05, 3.63) is 29.6 Å². The SMILES string of the molecule is C[C@]12CCCCC1=CC[C@@H]1[C@@H]2CC[C@]2(C)C(c3cnc(N)[nH]3)=CC[C@@H]12. The minimum absolute atomic E-state index is 0.288. The molecule has 5 atom stereocenters. The molecule has 0 aliphatic heterocycles. The van der Waals surface area contributed by atoms with E-state index in [2.05, 4.69) is 36.0 Å². The van der Waals surface area contributed by atoms with Gasteiger partial charge in [-0.15, -0.1) is 0 Å². The van der Waals surface area contributed by atoms with Gasteiger partial charge in [-0.1, -0.05) is 38.0 Å². The zero-order valence-corrected chi connectivity index (χ0v) is 15.6. The molecule has 1 aromatic rings. The summed E-state index contributed by atoms with van der Waals surface area (Å²) in [6, 6.07) is 0. The Balaban J connectivity index is 1.49. The van der Waals surface area contributed by atoms with Crippen molar-refractivity contribution in [1.29, 1.82) is 0 Å². The van der Waals surface area contributed by atoms with Crippen LogP contribution in [0, 0.1) is 28.6 Å². The van der Waals surface area contributed by atoms with Crippen molar-refractivity contribution >= 4 is 11.5 Å². The highest BCUT2D eigenvalue weighted by Gasteiger charge is 2.56. The van der Waals surface area contributed by atoms with Gasteiger partial charge in [0.15, 0.2) is 5.95 Å². The molecule has 3 nitrogen and oxygen atoms in total. The molecule has 134 valence electrons. The van der Waals surface area contributed by atoms with Crippen LogP contribution in [0.3, 0.4) is 0 Å². The quantitative estimate of drug-likeness (QED) is 0.680. The number of nitrogens with two attached hydrogens (primary N) is 1. The lowest BCUT2D eigenvalue weighted by Gasteiger charge is -2.57. The minimum atomic E-state index is 0.288. The Bertz CT molecular complexity index is 757. The second-order valence-corrected chi connectivity index (χ2v) is 9.46. The first-order chi connectivity index (χ1) is 12.0. The van der Waals surface area contributed by atoms with E-state index in [1.54, 1.807) is 5.57 Å². The molecule has 0 spiro atoms. The first kappa shape index (κ1) is 15.7. The van der Waals surface area contributed by atoms with Crippen molar-refractivity contribution in [3.8, 4) is 0 Å². The number of rotatable bonds is 1. The van der Waals surface area contributed by atoms with Crippen molar-refractivity contribution in [1.82, 2.24) is 9.97 Å². The average molecular weight is 338 g/mol. The molecule has 3 heteroatoms. The second kappa shape index (κ2) is 5.25. The second-order valence-electron chi connectivity index (χ2n) is 9.46. The number of nitrogens with zero attached hydrogens (tertiary/aromatic N) is 1. The summed E-state index contributed by atoms with van der Waals surface area (Å²) in [5.74, 6) is 3.06. The van der Waals surface area contributed by atoms with Crippen LogP contribution in [-0.2, 0) is 0 Å². The molecule has 2 fully saturated rings. The van der Waals surface area contributed by atoms with Crippen LogP contribution in [0.5, 0.6) is 0 Å². The Kier molecular flexibility index (Phi) is 3.30. The maximum Gasteiger partial charge on any atom is 0.197 e. The van der Waals surface area contributed by atoms with Crippen LogP contribution in [0.25, 0.3) is 5.57 Å². The van der Waals surface area contributed by atoms with Crippen LogP contribution < -0.4 is 5.73 Å². The molecular weight excluding hydrogens is 306 g/mol. The van der Waals surface area contributed by atoms with E-state index in [0.29, 0.717) is 11.4 Å². The van der Waals surface area contributed by atoms with Gasteiger partial charge in [-0.2, -0.15) is 0 Å². The van der Waals surface area contributed by atoms with Gasteiger partial charge in [-0.05, 0) is 79.1 Å². The largest absolute Gasteiger partial charge is 0.369 e. The molecule has 1 heterocycles. The molecule has 25 heavy (non-hydrogen) atoms. The van der Waals surface area contributed by atoms with Crippen molar-refractivity contribution < 1.29 is 0 Å². The Morgan fingerprint density at radius 1 is 1.08 bits per heavy atom. The number of imidazole rings is 1. The Hall–Kier alpha value is -1.51. The number of anilines is 1. The zero-order valence-electron chi connectivity index (χ0n) is 15.6. The molecule has 3 N–H and O–H groups in total. The number of H-pyrrole nitrogens is 1. The van der Waals surface area contributed by atoms with Crippen LogP contribution >= 0.6 is 0 Å². The van der Waals surface area contributed by atoms with Gasteiger partial charge in [0.05, 0.1) is 11.9 Å².